The van der Waals surface area contributed by atoms with Crippen LogP contribution in [0.4, 0.5) is 10.5 Å². The molecule has 9 nitrogen and oxygen atoms in total. The zero-order chi connectivity index (χ0) is 26.6. The minimum absolute atomic E-state index is 0.364. The van der Waals surface area contributed by atoms with Crippen molar-refractivity contribution >= 4 is 22.8 Å². The summed E-state index contributed by atoms with van der Waals surface area (Å²) in [6.07, 6.45) is 8.52. The van der Waals surface area contributed by atoms with Gasteiger partial charge in [-0.15, -0.1) is 0 Å². The Morgan fingerprint density at radius 2 is 1.97 bits per heavy atom. The van der Waals surface area contributed by atoms with Crippen molar-refractivity contribution in [1.29, 1.82) is 0 Å². The van der Waals surface area contributed by atoms with Crippen LogP contribution in [0.15, 0.2) is 85.5 Å². The zero-order valence-electron chi connectivity index (χ0n) is 21.7. The average molecular weight is 523 g/mol. The van der Waals surface area contributed by atoms with Crippen LogP contribution in [0.1, 0.15) is 18.4 Å². The molecule has 9 heteroatoms. The number of rotatable bonds is 8. The van der Waals surface area contributed by atoms with Crippen molar-refractivity contribution in [2.45, 2.75) is 25.4 Å². The van der Waals surface area contributed by atoms with Crippen molar-refractivity contribution < 1.29 is 14.3 Å². The first-order valence-corrected chi connectivity index (χ1v) is 13.1. The predicted octanol–water partition coefficient (Wildman–Crippen LogP) is 5.56. The molecule has 2 N–H and O–H groups in total. The Morgan fingerprint density at radius 3 is 2.82 bits per heavy atom. The first-order valence-electron chi connectivity index (χ1n) is 13.1. The van der Waals surface area contributed by atoms with E-state index in [4.69, 9.17) is 9.47 Å². The summed E-state index contributed by atoms with van der Waals surface area (Å²) in [5.41, 5.74) is 4.27. The third kappa shape index (κ3) is 5.78. The molecule has 0 aliphatic carbocycles. The average Bonchev–Trinajstić information content (AvgIpc) is 3.68. The minimum atomic E-state index is -0.604. The number of nitrogens with one attached hydrogen (secondary N) is 2. The number of anilines is 1. The number of nitrogens with zero attached hydrogens (tertiary/aromatic N) is 4. The molecule has 5 aromatic rings. The van der Waals surface area contributed by atoms with Crippen molar-refractivity contribution in [1.82, 2.24) is 24.6 Å². The molecule has 4 heterocycles. The van der Waals surface area contributed by atoms with Gasteiger partial charge in [0.25, 0.3) is 0 Å². The van der Waals surface area contributed by atoms with E-state index < -0.39 is 6.09 Å². The Kier molecular flexibility index (Phi) is 6.97. The van der Waals surface area contributed by atoms with Crippen LogP contribution in [-0.4, -0.2) is 57.0 Å². The molecular formula is C30H30N6O3. The number of H-pyrrole nitrogens is 1. The van der Waals surface area contributed by atoms with Gasteiger partial charge in [-0.2, -0.15) is 5.10 Å². The third-order valence-corrected chi connectivity index (χ3v) is 7.06. The van der Waals surface area contributed by atoms with Crippen LogP contribution in [0.25, 0.3) is 22.2 Å². The predicted molar refractivity (Wildman–Crippen MR) is 150 cm³/mol. The summed E-state index contributed by atoms with van der Waals surface area (Å²) in [7, 11) is 2.15. The maximum atomic E-state index is 12.7. The Balaban J connectivity index is 1.12. The minimum Gasteiger partial charge on any atom is -0.492 e. The molecule has 1 aliphatic heterocycles. The van der Waals surface area contributed by atoms with Crippen LogP contribution in [0, 0.1) is 0 Å². The number of likely N-dealkylation sites (tertiary alicyclic amines) is 1. The van der Waals surface area contributed by atoms with E-state index in [1.807, 2.05) is 66.9 Å². The van der Waals surface area contributed by atoms with Crippen molar-refractivity contribution in [2.75, 3.05) is 25.5 Å². The number of benzene rings is 2. The molecule has 0 unspecified atom stereocenters. The van der Waals surface area contributed by atoms with E-state index in [2.05, 4.69) is 32.3 Å². The molecule has 0 bridgehead atoms. The van der Waals surface area contributed by atoms with E-state index in [1.165, 1.54) is 19.0 Å². The molecule has 0 saturated carbocycles. The van der Waals surface area contributed by atoms with Gasteiger partial charge in [-0.05, 0) is 55.8 Å². The molecule has 1 saturated heterocycles. The van der Waals surface area contributed by atoms with Gasteiger partial charge in [0.1, 0.15) is 18.0 Å². The molecule has 1 amide bonds. The molecule has 0 radical (unpaired) electrons. The van der Waals surface area contributed by atoms with E-state index in [-0.39, 0.29) is 0 Å². The lowest BCUT2D eigenvalue weighted by atomic mass is 10.1. The van der Waals surface area contributed by atoms with Gasteiger partial charge in [0.15, 0.2) is 5.75 Å². The third-order valence-electron chi connectivity index (χ3n) is 7.06. The molecule has 3 aromatic heterocycles. The Bertz CT molecular complexity index is 1580. The number of likely N-dealkylation sites (N-methyl/N-ethyl adjacent to an activating group) is 1. The van der Waals surface area contributed by atoms with Gasteiger partial charge in [-0.1, -0.05) is 42.5 Å². The first kappa shape index (κ1) is 24.7. The lowest BCUT2D eigenvalue weighted by Gasteiger charge is -2.19. The van der Waals surface area contributed by atoms with Gasteiger partial charge in [-0.3, -0.25) is 10.00 Å². The highest BCUT2D eigenvalue weighted by atomic mass is 16.6. The second kappa shape index (κ2) is 11.0. The van der Waals surface area contributed by atoms with Crippen molar-refractivity contribution in [3.05, 3.63) is 91.0 Å². The van der Waals surface area contributed by atoms with Crippen LogP contribution in [0.5, 0.6) is 11.5 Å². The lowest BCUT2D eigenvalue weighted by molar-refractivity contribution is 0.198. The molecule has 0 spiro atoms. The van der Waals surface area contributed by atoms with Crippen molar-refractivity contribution in [2.24, 2.45) is 0 Å². The fourth-order valence-corrected chi connectivity index (χ4v) is 4.91. The highest BCUT2D eigenvalue weighted by Crippen LogP contribution is 2.30. The molecule has 1 fully saturated rings. The monoisotopic (exact) mass is 522 g/mol. The number of hydrogen-bond donors (Lipinski definition) is 2. The van der Waals surface area contributed by atoms with E-state index in [0.717, 1.165) is 34.4 Å². The van der Waals surface area contributed by atoms with Gasteiger partial charge in [0.05, 0.1) is 24.6 Å². The summed E-state index contributed by atoms with van der Waals surface area (Å²) < 4.78 is 13.3. The normalized spacial score (nSPS) is 15.5. The number of aromatic amines is 1. The van der Waals surface area contributed by atoms with Crippen molar-refractivity contribution in [3.8, 4) is 22.6 Å². The topological polar surface area (TPSA) is 97.3 Å². The second-order valence-corrected chi connectivity index (χ2v) is 9.81. The number of carbonyl (C=O) groups is 1. The van der Waals surface area contributed by atoms with Gasteiger partial charge in [-0.25, -0.2) is 9.78 Å². The smallest absolute Gasteiger partial charge is 0.417 e. The fourth-order valence-electron chi connectivity index (χ4n) is 4.91. The Labute approximate surface area is 226 Å². The SMILES string of the molecule is CN1CCC[C@H]1COc1cccc(-c2cnc3[nH]cc(NC(=O)Oc4cnn(Cc5ccccc5)c4)c3c2)c1. The Morgan fingerprint density at radius 1 is 1.08 bits per heavy atom. The van der Waals surface area contributed by atoms with E-state index >= 15 is 0 Å². The number of carbonyl (C=O) groups excluding carboxylic acids is 1. The number of ether oxygens (including phenoxy) is 2. The molecule has 198 valence electrons. The first-order chi connectivity index (χ1) is 19.1. The van der Waals surface area contributed by atoms with E-state index in [9.17, 15) is 4.79 Å². The molecule has 39 heavy (non-hydrogen) atoms. The summed E-state index contributed by atoms with van der Waals surface area (Å²) >= 11 is 0. The van der Waals surface area contributed by atoms with Crippen LogP contribution < -0.4 is 14.8 Å². The molecule has 1 atom stereocenters. The number of aromatic nitrogens is 4. The zero-order valence-corrected chi connectivity index (χ0v) is 21.7. The second-order valence-electron chi connectivity index (χ2n) is 9.81. The molecule has 1 aliphatic rings. The summed E-state index contributed by atoms with van der Waals surface area (Å²) in [5, 5.41) is 7.89. The highest BCUT2D eigenvalue weighted by Gasteiger charge is 2.21. The summed E-state index contributed by atoms with van der Waals surface area (Å²) in [6, 6.07) is 20.4. The van der Waals surface area contributed by atoms with Crippen LogP contribution in [0.3, 0.4) is 0 Å². The molecule has 6 rings (SSSR count). The lowest BCUT2D eigenvalue weighted by Crippen LogP contribution is -2.30. The van der Waals surface area contributed by atoms with Crippen LogP contribution in [0.2, 0.25) is 0 Å². The summed E-state index contributed by atoms with van der Waals surface area (Å²) in [6.45, 7) is 2.39. The molecular weight excluding hydrogens is 492 g/mol. The van der Waals surface area contributed by atoms with E-state index in [1.54, 1.807) is 17.1 Å². The maximum Gasteiger partial charge on any atom is 0.417 e. The van der Waals surface area contributed by atoms with Crippen molar-refractivity contribution in [3.63, 3.8) is 0 Å². The van der Waals surface area contributed by atoms with Gasteiger partial charge in [0.2, 0.25) is 0 Å². The standard InChI is InChI=1S/C30H30N6O3/c1-35-12-6-10-24(35)20-38-25-11-5-9-22(13-25)23-14-27-28(17-32-29(27)31-15-23)34-30(37)39-26-16-33-36(19-26)18-21-7-3-2-4-8-21/h2-5,7-9,11,13-17,19,24H,6,10,12,18,20H2,1H3,(H,31,32)(H,34,37)/t24-/m0/s1. The number of fused-ring (bicyclic) bond motifs is 1. The van der Waals surface area contributed by atoms with Crippen LogP contribution in [-0.2, 0) is 6.54 Å². The summed E-state index contributed by atoms with van der Waals surface area (Å²) in [4.78, 5) is 22.7. The fraction of sp³-hybridized carbons (Fsp3) is 0.233. The maximum absolute atomic E-state index is 12.7. The Hall–Kier alpha value is -4.63. The number of hydrogen-bond acceptors (Lipinski definition) is 6. The molecule has 2 aromatic carbocycles. The number of amides is 1. The van der Waals surface area contributed by atoms with Gasteiger partial charge >= 0.3 is 6.09 Å². The van der Waals surface area contributed by atoms with Gasteiger partial charge in [0, 0.05) is 29.4 Å². The van der Waals surface area contributed by atoms with Gasteiger partial charge < -0.3 is 19.4 Å². The number of pyridine rings is 1. The largest absolute Gasteiger partial charge is 0.492 e. The summed E-state index contributed by atoms with van der Waals surface area (Å²) in [5.74, 6) is 1.19. The van der Waals surface area contributed by atoms with Crippen LogP contribution >= 0.6 is 0 Å². The quantitative estimate of drug-likeness (QED) is 0.277. The van der Waals surface area contributed by atoms with E-state index in [0.29, 0.717) is 36.3 Å². The highest BCUT2D eigenvalue weighted by molar-refractivity contribution is 6.00.